The molecule has 1 aliphatic carbocycles. The molecule has 2 aromatic heterocycles. The maximum atomic E-state index is 13.1. The Balaban J connectivity index is 1.15. The summed E-state index contributed by atoms with van der Waals surface area (Å²) in [7, 11) is -1.69. The maximum absolute atomic E-state index is 13.1. The van der Waals surface area contributed by atoms with Crippen molar-refractivity contribution in [2.24, 2.45) is 13.0 Å². The van der Waals surface area contributed by atoms with Gasteiger partial charge in [-0.2, -0.15) is 9.40 Å². The number of esters is 1. The van der Waals surface area contributed by atoms with Crippen LogP contribution in [0.5, 0.6) is 0 Å². The number of hydrogen-bond acceptors (Lipinski definition) is 7. The van der Waals surface area contributed by atoms with Crippen LogP contribution in [0.25, 0.3) is 10.6 Å². The molecule has 174 valence electrons. The van der Waals surface area contributed by atoms with E-state index >= 15 is 0 Å². The lowest BCUT2D eigenvalue weighted by molar-refractivity contribution is -0.151. The molecule has 3 aromatic rings. The predicted octanol–water partition coefficient (Wildman–Crippen LogP) is 3.18. The molecular weight excluding hydrogens is 460 g/mol. The van der Waals surface area contributed by atoms with Crippen LogP contribution in [0.1, 0.15) is 36.1 Å². The average molecular weight is 487 g/mol. The van der Waals surface area contributed by atoms with Gasteiger partial charge in [-0.25, -0.2) is 13.4 Å². The third-order valence-corrected chi connectivity index (χ3v) is 9.20. The number of hydrogen-bond donors (Lipinski definition) is 0. The smallest absolute Gasteiger partial charge is 0.309 e. The summed E-state index contributed by atoms with van der Waals surface area (Å²) in [6.07, 6.45) is 7.60. The third kappa shape index (κ3) is 4.60. The molecule has 5 rings (SSSR count). The van der Waals surface area contributed by atoms with Crippen LogP contribution < -0.4 is 0 Å². The van der Waals surface area contributed by atoms with E-state index in [2.05, 4.69) is 10.1 Å². The minimum absolute atomic E-state index is 0.114. The van der Waals surface area contributed by atoms with Crippen molar-refractivity contribution < 1.29 is 17.9 Å². The molecule has 33 heavy (non-hydrogen) atoms. The molecule has 1 fully saturated rings. The van der Waals surface area contributed by atoms with Crippen LogP contribution >= 0.6 is 11.3 Å². The van der Waals surface area contributed by atoms with Crippen LogP contribution in [0, 0.1) is 5.92 Å². The number of piperidine rings is 1. The number of aryl methyl sites for hydroxylation is 3. The molecule has 8 nitrogen and oxygen atoms in total. The van der Waals surface area contributed by atoms with Crippen molar-refractivity contribution in [3.05, 3.63) is 52.8 Å². The van der Waals surface area contributed by atoms with Crippen LogP contribution in [-0.4, -0.2) is 46.5 Å². The second-order valence-electron chi connectivity index (χ2n) is 8.62. The van der Waals surface area contributed by atoms with E-state index in [4.69, 9.17) is 4.74 Å². The molecule has 0 radical (unpaired) electrons. The van der Waals surface area contributed by atoms with Gasteiger partial charge in [-0.05, 0) is 55.4 Å². The summed E-state index contributed by atoms with van der Waals surface area (Å²) in [5.41, 5.74) is 4.02. The number of fused-ring (bicyclic) bond motifs is 1. The Kier molecular flexibility index (Phi) is 6.07. The number of thiazole rings is 1. The standard InChI is InChI=1S/C23H26N4O4S2/c1-26-13-19(12-24-26)22-25-20(15-32-22)14-31-23(28)17-7-9-27(10-8-17)33(29,30)21-6-5-16-3-2-4-18(16)11-21/h5-6,11-13,15,17H,2-4,7-10,14H2,1H3. The van der Waals surface area contributed by atoms with Crippen LogP contribution in [0.2, 0.25) is 0 Å². The fourth-order valence-corrected chi connectivity index (χ4v) is 6.79. The Hall–Kier alpha value is -2.56. The molecule has 0 bridgehead atoms. The fraction of sp³-hybridized carbons (Fsp3) is 0.435. The summed E-state index contributed by atoms with van der Waals surface area (Å²) in [5, 5.41) is 6.86. The molecule has 1 aromatic carbocycles. The van der Waals surface area contributed by atoms with Crippen molar-refractivity contribution in [2.45, 2.75) is 43.6 Å². The molecule has 0 amide bonds. The number of benzene rings is 1. The van der Waals surface area contributed by atoms with Gasteiger partial charge in [-0.1, -0.05) is 6.07 Å². The molecule has 0 spiro atoms. The molecule has 1 saturated heterocycles. The van der Waals surface area contributed by atoms with E-state index in [0.717, 1.165) is 35.4 Å². The minimum Gasteiger partial charge on any atom is -0.459 e. The molecule has 0 N–H and O–H groups in total. The summed E-state index contributed by atoms with van der Waals surface area (Å²) in [4.78, 5) is 17.5. The number of carbonyl (C=O) groups is 1. The van der Waals surface area contributed by atoms with Gasteiger partial charge in [-0.15, -0.1) is 11.3 Å². The highest BCUT2D eigenvalue weighted by molar-refractivity contribution is 7.89. The Morgan fingerprint density at radius 3 is 2.76 bits per heavy atom. The molecule has 0 atom stereocenters. The van der Waals surface area contributed by atoms with Gasteiger partial charge in [0, 0.05) is 37.3 Å². The Bertz CT molecular complexity index is 1270. The van der Waals surface area contributed by atoms with E-state index in [1.807, 2.05) is 30.8 Å². The zero-order chi connectivity index (χ0) is 23.0. The number of carbonyl (C=O) groups excluding carboxylic acids is 1. The van der Waals surface area contributed by atoms with Crippen molar-refractivity contribution >= 4 is 27.3 Å². The van der Waals surface area contributed by atoms with Gasteiger partial charge < -0.3 is 4.74 Å². The first-order valence-electron chi connectivity index (χ1n) is 11.1. The first-order valence-corrected chi connectivity index (χ1v) is 13.4. The van der Waals surface area contributed by atoms with E-state index in [1.54, 1.807) is 16.9 Å². The minimum atomic E-state index is -3.54. The SMILES string of the molecule is Cn1cc(-c2nc(COC(=O)C3CCN(S(=O)(=O)c4ccc5c(c4)CCC5)CC3)cs2)cn1. The molecular formula is C23H26N4O4S2. The van der Waals surface area contributed by atoms with Gasteiger partial charge in [0.15, 0.2) is 0 Å². The zero-order valence-electron chi connectivity index (χ0n) is 18.4. The Morgan fingerprint density at radius 2 is 2.00 bits per heavy atom. The highest BCUT2D eigenvalue weighted by Crippen LogP contribution is 2.29. The Morgan fingerprint density at radius 1 is 1.21 bits per heavy atom. The average Bonchev–Trinajstić information content (AvgIpc) is 3.57. The first-order chi connectivity index (χ1) is 15.9. The number of ether oxygens (including phenoxy) is 1. The summed E-state index contributed by atoms with van der Waals surface area (Å²) < 4.78 is 34.9. The van der Waals surface area contributed by atoms with Crippen LogP contribution in [0.3, 0.4) is 0 Å². The molecule has 10 heteroatoms. The Labute approximate surface area is 197 Å². The third-order valence-electron chi connectivity index (χ3n) is 6.36. The van der Waals surface area contributed by atoms with Gasteiger partial charge in [0.25, 0.3) is 0 Å². The molecule has 0 saturated carbocycles. The molecule has 1 aliphatic heterocycles. The fourth-order valence-electron chi connectivity index (χ4n) is 4.49. The monoisotopic (exact) mass is 486 g/mol. The van der Waals surface area contributed by atoms with E-state index in [-0.39, 0.29) is 18.5 Å². The molecule has 0 unspecified atom stereocenters. The van der Waals surface area contributed by atoms with Crippen molar-refractivity contribution in [1.29, 1.82) is 0 Å². The van der Waals surface area contributed by atoms with E-state index in [0.29, 0.717) is 36.5 Å². The zero-order valence-corrected chi connectivity index (χ0v) is 20.1. The van der Waals surface area contributed by atoms with E-state index in [9.17, 15) is 13.2 Å². The van der Waals surface area contributed by atoms with Crippen molar-refractivity contribution in [1.82, 2.24) is 19.1 Å². The van der Waals surface area contributed by atoms with Crippen molar-refractivity contribution in [3.8, 4) is 10.6 Å². The quantitative estimate of drug-likeness (QED) is 0.497. The summed E-state index contributed by atoms with van der Waals surface area (Å²) >= 11 is 1.48. The van der Waals surface area contributed by atoms with E-state index in [1.165, 1.54) is 21.2 Å². The van der Waals surface area contributed by atoms with Crippen molar-refractivity contribution in [3.63, 3.8) is 0 Å². The molecule has 3 heterocycles. The van der Waals surface area contributed by atoms with Gasteiger partial charge in [0.2, 0.25) is 10.0 Å². The van der Waals surface area contributed by atoms with Gasteiger partial charge in [0.1, 0.15) is 11.6 Å². The lowest BCUT2D eigenvalue weighted by Crippen LogP contribution is -2.40. The lowest BCUT2D eigenvalue weighted by Gasteiger charge is -2.30. The van der Waals surface area contributed by atoms with Crippen molar-refractivity contribution in [2.75, 3.05) is 13.1 Å². The summed E-state index contributed by atoms with van der Waals surface area (Å²) in [5.74, 6) is -0.589. The summed E-state index contributed by atoms with van der Waals surface area (Å²) in [6.45, 7) is 0.755. The number of nitrogens with zero attached hydrogens (tertiary/aromatic N) is 4. The second kappa shape index (κ2) is 9.00. The highest BCUT2D eigenvalue weighted by Gasteiger charge is 2.33. The largest absolute Gasteiger partial charge is 0.459 e. The number of rotatable bonds is 6. The van der Waals surface area contributed by atoms with Gasteiger partial charge in [-0.3, -0.25) is 9.48 Å². The normalized spacial score (nSPS) is 17.2. The van der Waals surface area contributed by atoms with Crippen LogP contribution in [-0.2, 0) is 46.1 Å². The molecule has 2 aliphatic rings. The van der Waals surface area contributed by atoms with Gasteiger partial charge >= 0.3 is 5.97 Å². The van der Waals surface area contributed by atoms with Crippen LogP contribution in [0.4, 0.5) is 0 Å². The lowest BCUT2D eigenvalue weighted by atomic mass is 9.98. The van der Waals surface area contributed by atoms with Gasteiger partial charge in [0.05, 0.1) is 22.7 Å². The van der Waals surface area contributed by atoms with E-state index < -0.39 is 10.0 Å². The topological polar surface area (TPSA) is 94.4 Å². The van der Waals surface area contributed by atoms with Crippen LogP contribution in [0.15, 0.2) is 40.9 Å². The first kappa shape index (κ1) is 22.2. The highest BCUT2D eigenvalue weighted by atomic mass is 32.2. The number of sulfonamides is 1. The predicted molar refractivity (Wildman–Crippen MR) is 124 cm³/mol. The summed E-state index contributed by atoms with van der Waals surface area (Å²) in [6, 6.07) is 5.48. The second-order valence-corrected chi connectivity index (χ2v) is 11.4. The maximum Gasteiger partial charge on any atom is 0.309 e. The number of aromatic nitrogens is 3.